The smallest absolute Gasteiger partial charge is 0.291 e. The molecule has 8 heteroatoms. The van der Waals surface area contributed by atoms with E-state index in [0.29, 0.717) is 33.4 Å². The molecule has 0 aliphatic rings. The number of pyridine rings is 1. The summed E-state index contributed by atoms with van der Waals surface area (Å²) in [6.45, 7) is 2.85. The highest BCUT2D eigenvalue weighted by molar-refractivity contribution is 7.15. The minimum atomic E-state index is -0.192. The number of ether oxygens (including phenoxy) is 2. The summed E-state index contributed by atoms with van der Waals surface area (Å²) in [6.07, 6.45) is 9.77. The Labute approximate surface area is 184 Å². The molecule has 0 saturated carbocycles. The Morgan fingerprint density at radius 2 is 1.94 bits per heavy atom. The Kier molecular flexibility index (Phi) is 6.57. The average molecular weight is 437 g/mol. The SMILES string of the molecule is CCCCCCOc1ccc(C=c2sc3nc(-c4ccncc4)nn3c2=O)cc1OC. The zero-order chi connectivity index (χ0) is 21.6. The molecular weight excluding hydrogens is 412 g/mol. The molecule has 1 aromatic carbocycles. The van der Waals surface area contributed by atoms with Crippen LogP contribution >= 0.6 is 11.3 Å². The van der Waals surface area contributed by atoms with E-state index in [1.807, 2.05) is 36.4 Å². The van der Waals surface area contributed by atoms with Crippen LogP contribution in [0.1, 0.15) is 38.2 Å². The van der Waals surface area contributed by atoms with E-state index in [9.17, 15) is 4.79 Å². The normalized spacial score (nSPS) is 11.9. The van der Waals surface area contributed by atoms with E-state index >= 15 is 0 Å². The van der Waals surface area contributed by atoms with Gasteiger partial charge in [-0.1, -0.05) is 43.6 Å². The van der Waals surface area contributed by atoms with Crippen LogP contribution in [0.25, 0.3) is 22.4 Å². The molecule has 0 unspecified atom stereocenters. The number of methoxy groups -OCH3 is 1. The highest BCUT2D eigenvalue weighted by Gasteiger charge is 2.12. The highest BCUT2D eigenvalue weighted by Crippen LogP contribution is 2.28. The predicted molar refractivity (Wildman–Crippen MR) is 122 cm³/mol. The van der Waals surface area contributed by atoms with Gasteiger partial charge >= 0.3 is 0 Å². The fourth-order valence-corrected chi connectivity index (χ4v) is 4.12. The number of rotatable bonds is 9. The van der Waals surface area contributed by atoms with Gasteiger partial charge in [0.25, 0.3) is 5.56 Å². The van der Waals surface area contributed by atoms with Crippen molar-refractivity contribution in [3.8, 4) is 22.9 Å². The molecular formula is C23H24N4O3S. The molecule has 0 aliphatic heterocycles. The topological polar surface area (TPSA) is 78.6 Å². The van der Waals surface area contributed by atoms with E-state index in [1.165, 1.54) is 28.7 Å². The number of thiazole rings is 1. The van der Waals surface area contributed by atoms with Gasteiger partial charge in [-0.15, -0.1) is 5.10 Å². The van der Waals surface area contributed by atoms with Crippen molar-refractivity contribution in [2.45, 2.75) is 32.6 Å². The first-order chi connectivity index (χ1) is 15.2. The molecule has 4 rings (SSSR count). The third kappa shape index (κ3) is 4.74. The largest absolute Gasteiger partial charge is 0.493 e. The molecule has 31 heavy (non-hydrogen) atoms. The van der Waals surface area contributed by atoms with Crippen LogP contribution in [-0.4, -0.2) is 33.3 Å². The van der Waals surface area contributed by atoms with Crippen molar-refractivity contribution in [3.63, 3.8) is 0 Å². The number of aromatic nitrogens is 4. The number of fused-ring (bicyclic) bond motifs is 1. The summed E-state index contributed by atoms with van der Waals surface area (Å²) >= 11 is 1.31. The third-order valence-corrected chi connectivity index (χ3v) is 5.82. The number of unbranched alkanes of at least 4 members (excludes halogenated alkanes) is 3. The molecule has 160 valence electrons. The summed E-state index contributed by atoms with van der Waals surface area (Å²) in [7, 11) is 1.62. The first-order valence-electron chi connectivity index (χ1n) is 10.3. The molecule has 0 spiro atoms. The van der Waals surface area contributed by atoms with E-state index in [1.54, 1.807) is 19.5 Å². The van der Waals surface area contributed by atoms with Gasteiger partial charge in [0.2, 0.25) is 4.96 Å². The van der Waals surface area contributed by atoms with Crippen LogP contribution in [0.3, 0.4) is 0 Å². The van der Waals surface area contributed by atoms with E-state index in [-0.39, 0.29) is 5.56 Å². The van der Waals surface area contributed by atoms with Gasteiger partial charge in [-0.2, -0.15) is 9.50 Å². The standard InChI is InChI=1S/C23H24N4O3S/c1-3-4-5-6-13-30-18-8-7-16(14-19(18)29-2)15-20-22(28)27-23(31-20)25-21(26-27)17-9-11-24-12-10-17/h7-12,14-15H,3-6,13H2,1-2H3. The molecule has 4 aromatic rings. The van der Waals surface area contributed by atoms with Gasteiger partial charge in [-0.05, 0) is 42.3 Å². The van der Waals surface area contributed by atoms with Gasteiger partial charge < -0.3 is 9.47 Å². The van der Waals surface area contributed by atoms with E-state index < -0.39 is 0 Å². The third-order valence-electron chi connectivity index (χ3n) is 4.86. The minimum absolute atomic E-state index is 0.192. The van der Waals surface area contributed by atoms with Crippen molar-refractivity contribution in [2.75, 3.05) is 13.7 Å². The molecule has 3 aromatic heterocycles. The monoisotopic (exact) mass is 436 g/mol. The summed E-state index contributed by atoms with van der Waals surface area (Å²) in [5, 5.41) is 4.36. The molecule has 0 bridgehead atoms. The first kappa shape index (κ1) is 21.0. The Morgan fingerprint density at radius 1 is 1.10 bits per heavy atom. The number of hydrogen-bond donors (Lipinski definition) is 0. The van der Waals surface area contributed by atoms with Crippen LogP contribution in [-0.2, 0) is 0 Å². The fourth-order valence-electron chi connectivity index (χ4n) is 3.21. The Hall–Kier alpha value is -3.26. The second-order valence-electron chi connectivity index (χ2n) is 7.10. The van der Waals surface area contributed by atoms with Gasteiger partial charge in [0.15, 0.2) is 17.3 Å². The maximum atomic E-state index is 12.8. The van der Waals surface area contributed by atoms with Crippen LogP contribution in [0.2, 0.25) is 0 Å². The molecule has 0 atom stereocenters. The van der Waals surface area contributed by atoms with Crippen molar-refractivity contribution in [1.29, 1.82) is 0 Å². The molecule has 0 amide bonds. The average Bonchev–Trinajstić information content (AvgIpc) is 3.34. The van der Waals surface area contributed by atoms with Gasteiger partial charge in [0.1, 0.15) is 0 Å². The quantitative estimate of drug-likeness (QED) is 0.372. The molecule has 7 nitrogen and oxygen atoms in total. The van der Waals surface area contributed by atoms with Gasteiger partial charge in [0.05, 0.1) is 18.2 Å². The first-order valence-corrected chi connectivity index (χ1v) is 11.1. The van der Waals surface area contributed by atoms with Gasteiger partial charge in [-0.25, -0.2) is 0 Å². The zero-order valence-electron chi connectivity index (χ0n) is 17.6. The van der Waals surface area contributed by atoms with Gasteiger partial charge in [0, 0.05) is 18.0 Å². The predicted octanol–water partition coefficient (Wildman–Crippen LogP) is 3.73. The summed E-state index contributed by atoms with van der Waals surface area (Å²) < 4.78 is 13.3. The highest BCUT2D eigenvalue weighted by atomic mass is 32.1. The molecule has 0 fully saturated rings. The summed E-state index contributed by atoms with van der Waals surface area (Å²) in [5.74, 6) is 1.87. The lowest BCUT2D eigenvalue weighted by Gasteiger charge is -2.11. The number of nitrogens with zero attached hydrogens (tertiary/aromatic N) is 4. The van der Waals surface area contributed by atoms with Crippen LogP contribution in [0.5, 0.6) is 11.5 Å². The van der Waals surface area contributed by atoms with E-state index in [4.69, 9.17) is 9.47 Å². The van der Waals surface area contributed by atoms with Crippen LogP contribution in [0.4, 0.5) is 0 Å². The van der Waals surface area contributed by atoms with Crippen molar-refractivity contribution in [1.82, 2.24) is 19.6 Å². The number of benzene rings is 1. The Balaban J connectivity index is 1.57. The maximum Gasteiger partial charge on any atom is 0.291 e. The van der Waals surface area contributed by atoms with Crippen LogP contribution in [0.15, 0.2) is 47.5 Å². The second kappa shape index (κ2) is 9.70. The summed E-state index contributed by atoms with van der Waals surface area (Å²) in [5.41, 5.74) is 1.49. The molecule has 3 heterocycles. The van der Waals surface area contributed by atoms with Crippen molar-refractivity contribution in [3.05, 3.63) is 63.2 Å². The Morgan fingerprint density at radius 3 is 2.68 bits per heavy atom. The van der Waals surface area contributed by atoms with E-state index in [2.05, 4.69) is 22.0 Å². The lowest BCUT2D eigenvalue weighted by atomic mass is 10.2. The molecule has 0 saturated heterocycles. The van der Waals surface area contributed by atoms with Gasteiger partial charge in [-0.3, -0.25) is 9.78 Å². The number of hydrogen-bond acceptors (Lipinski definition) is 7. The van der Waals surface area contributed by atoms with E-state index in [0.717, 1.165) is 24.0 Å². The second-order valence-corrected chi connectivity index (χ2v) is 8.11. The van der Waals surface area contributed by atoms with Crippen molar-refractivity contribution in [2.24, 2.45) is 0 Å². The van der Waals surface area contributed by atoms with Crippen LogP contribution in [0, 0.1) is 0 Å². The summed E-state index contributed by atoms with van der Waals surface area (Å²) in [4.78, 5) is 21.8. The summed E-state index contributed by atoms with van der Waals surface area (Å²) in [6, 6.07) is 9.31. The maximum absolute atomic E-state index is 12.8. The fraction of sp³-hybridized carbons (Fsp3) is 0.304. The zero-order valence-corrected chi connectivity index (χ0v) is 18.4. The van der Waals surface area contributed by atoms with Crippen molar-refractivity contribution < 1.29 is 9.47 Å². The Bertz CT molecular complexity index is 1270. The molecule has 0 N–H and O–H groups in total. The van der Waals surface area contributed by atoms with Crippen molar-refractivity contribution >= 4 is 22.4 Å². The lowest BCUT2D eigenvalue weighted by molar-refractivity contribution is 0.285. The molecule has 0 aliphatic carbocycles. The van der Waals surface area contributed by atoms with Crippen LogP contribution < -0.4 is 19.6 Å². The minimum Gasteiger partial charge on any atom is -0.493 e. The lowest BCUT2D eigenvalue weighted by Crippen LogP contribution is -2.23. The molecule has 0 radical (unpaired) electrons.